The number of anilines is 1. The molecule has 0 saturated heterocycles. The van der Waals surface area contributed by atoms with Gasteiger partial charge in [-0.1, -0.05) is 53.3 Å². The van der Waals surface area contributed by atoms with E-state index in [0.717, 1.165) is 16.2 Å². The molecule has 1 atom stereocenters. The number of benzene rings is 2. The van der Waals surface area contributed by atoms with E-state index in [4.69, 9.17) is 16.3 Å². The van der Waals surface area contributed by atoms with Crippen LogP contribution in [-0.4, -0.2) is 29.5 Å². The predicted octanol–water partition coefficient (Wildman–Crippen LogP) is 2.32. The molecule has 2 aliphatic heterocycles. The van der Waals surface area contributed by atoms with E-state index in [9.17, 15) is 19.2 Å². The maximum atomic E-state index is 13.9. The smallest absolute Gasteiger partial charge is 0.338 e. The largest absolute Gasteiger partial charge is 0.466 e. The highest BCUT2D eigenvalue weighted by molar-refractivity contribution is 7.07. The fourth-order valence-electron chi connectivity index (χ4n) is 4.45. The van der Waals surface area contributed by atoms with Gasteiger partial charge in [0.25, 0.3) is 11.5 Å². The number of aromatic nitrogens is 1. The third kappa shape index (κ3) is 3.46. The highest BCUT2D eigenvalue weighted by Gasteiger charge is 2.38. The van der Waals surface area contributed by atoms with E-state index < -0.39 is 29.4 Å². The second-order valence-electron chi connectivity index (χ2n) is 8.00. The van der Waals surface area contributed by atoms with E-state index in [0.29, 0.717) is 32.3 Å². The number of hydrogen-bond acceptors (Lipinski definition) is 7. The number of rotatable bonds is 2. The van der Waals surface area contributed by atoms with Gasteiger partial charge in [0, 0.05) is 17.5 Å². The summed E-state index contributed by atoms with van der Waals surface area (Å²) in [5, 5.41) is 0.501. The van der Waals surface area contributed by atoms with Crippen molar-refractivity contribution in [1.29, 1.82) is 0 Å². The number of carbonyl (C=O) groups is 3. The molecule has 0 fully saturated rings. The fraction of sp³-hybridized carbons (Fsp3) is 0.160. The molecule has 0 spiro atoms. The molecular weight excluding hydrogens is 490 g/mol. The molecule has 0 radical (unpaired) electrons. The lowest BCUT2D eigenvalue weighted by molar-refractivity contribution is -0.136. The summed E-state index contributed by atoms with van der Waals surface area (Å²) in [4.78, 5) is 58.1. The average Bonchev–Trinajstić information content (AvgIpc) is 3.30. The number of amides is 2. The van der Waals surface area contributed by atoms with Crippen LogP contribution in [0, 0.1) is 0 Å². The van der Waals surface area contributed by atoms with Crippen LogP contribution >= 0.6 is 22.9 Å². The molecule has 0 saturated carbocycles. The third-order valence-corrected chi connectivity index (χ3v) is 7.27. The summed E-state index contributed by atoms with van der Waals surface area (Å²) >= 11 is 7.11. The SMILES string of the molecule is COC(=O)C1=C(C)N=c2s/c(=C3/C(=O)N(C(C)=O)c4ccccc43)c(=O)n2[C@H]1c1ccc(Cl)cc1. The van der Waals surface area contributed by atoms with E-state index in [2.05, 4.69) is 4.99 Å². The van der Waals surface area contributed by atoms with Crippen LogP contribution in [0.2, 0.25) is 5.02 Å². The number of halogens is 1. The van der Waals surface area contributed by atoms with Crippen LogP contribution in [-0.2, 0) is 19.1 Å². The summed E-state index contributed by atoms with van der Waals surface area (Å²) in [5.41, 5.74) is 1.79. The molecule has 2 aliphatic rings. The Bertz CT molecular complexity index is 1650. The van der Waals surface area contributed by atoms with E-state index >= 15 is 0 Å². The first kappa shape index (κ1) is 22.9. The second-order valence-corrected chi connectivity index (χ2v) is 9.41. The average molecular weight is 508 g/mol. The first-order valence-corrected chi connectivity index (χ1v) is 11.8. The minimum atomic E-state index is -0.832. The second kappa shape index (κ2) is 8.44. The zero-order chi connectivity index (χ0) is 25.0. The van der Waals surface area contributed by atoms with Crippen molar-refractivity contribution in [2.75, 3.05) is 12.0 Å². The molecule has 0 aliphatic carbocycles. The van der Waals surface area contributed by atoms with Gasteiger partial charge in [0.2, 0.25) is 5.91 Å². The Morgan fingerprint density at radius 2 is 1.77 bits per heavy atom. The number of hydrogen-bond donors (Lipinski definition) is 0. The van der Waals surface area contributed by atoms with Gasteiger partial charge in [-0.2, -0.15) is 0 Å². The zero-order valence-corrected chi connectivity index (χ0v) is 20.4. The summed E-state index contributed by atoms with van der Waals surface area (Å²) in [6.45, 7) is 2.97. The van der Waals surface area contributed by atoms with Crippen molar-refractivity contribution in [1.82, 2.24) is 4.57 Å². The lowest BCUT2D eigenvalue weighted by Gasteiger charge is -2.24. The molecule has 3 heterocycles. The number of fused-ring (bicyclic) bond motifs is 2. The number of thiazole rings is 1. The lowest BCUT2D eigenvalue weighted by Crippen LogP contribution is -2.41. The number of methoxy groups -OCH3 is 1. The van der Waals surface area contributed by atoms with Crippen LogP contribution in [0.15, 0.2) is 69.6 Å². The summed E-state index contributed by atoms with van der Waals surface area (Å²) in [6.07, 6.45) is 0. The molecule has 2 amide bonds. The Morgan fingerprint density at radius 3 is 2.43 bits per heavy atom. The Balaban J connectivity index is 1.85. The first-order valence-electron chi connectivity index (χ1n) is 10.6. The van der Waals surface area contributed by atoms with Crippen molar-refractivity contribution in [2.24, 2.45) is 4.99 Å². The van der Waals surface area contributed by atoms with Crippen molar-refractivity contribution in [3.8, 4) is 0 Å². The summed E-state index contributed by atoms with van der Waals surface area (Å²) in [7, 11) is 1.26. The lowest BCUT2D eigenvalue weighted by atomic mass is 9.96. The number of nitrogens with zero attached hydrogens (tertiary/aromatic N) is 3. The van der Waals surface area contributed by atoms with Gasteiger partial charge >= 0.3 is 5.97 Å². The van der Waals surface area contributed by atoms with Gasteiger partial charge in [-0.25, -0.2) is 14.7 Å². The van der Waals surface area contributed by atoms with Crippen molar-refractivity contribution >= 4 is 52.0 Å². The Morgan fingerprint density at radius 1 is 1.09 bits per heavy atom. The van der Waals surface area contributed by atoms with Crippen molar-refractivity contribution in [3.63, 3.8) is 0 Å². The van der Waals surface area contributed by atoms with Gasteiger partial charge in [-0.3, -0.25) is 19.0 Å². The Labute approximate surface area is 208 Å². The molecule has 0 N–H and O–H groups in total. The summed E-state index contributed by atoms with van der Waals surface area (Å²) in [6, 6.07) is 12.8. The zero-order valence-electron chi connectivity index (χ0n) is 18.9. The number of esters is 1. The van der Waals surface area contributed by atoms with Crippen molar-refractivity contribution in [3.05, 3.63) is 95.6 Å². The van der Waals surface area contributed by atoms with Crippen LogP contribution in [0.4, 0.5) is 5.69 Å². The first-order chi connectivity index (χ1) is 16.7. The molecule has 2 aromatic carbocycles. The molecule has 3 aromatic rings. The highest BCUT2D eigenvalue weighted by atomic mass is 35.5. The van der Waals surface area contributed by atoms with Gasteiger partial charge in [-0.05, 0) is 30.7 Å². The van der Waals surface area contributed by atoms with Crippen LogP contribution < -0.4 is 19.8 Å². The van der Waals surface area contributed by atoms with Crippen LogP contribution in [0.5, 0.6) is 0 Å². The summed E-state index contributed by atoms with van der Waals surface area (Å²) in [5.74, 6) is -1.64. The normalized spacial score (nSPS) is 18.2. The minimum absolute atomic E-state index is 0.134. The number of para-hydroxylation sites is 1. The third-order valence-electron chi connectivity index (χ3n) is 5.96. The maximum absolute atomic E-state index is 13.9. The molecular formula is C25H18ClN3O5S. The van der Waals surface area contributed by atoms with Gasteiger partial charge in [0.15, 0.2) is 4.80 Å². The standard InChI is InChI=1S/C25H18ClN3O5S/c1-12-18(24(33)34-3)20(14-8-10-15(26)11-9-14)29-23(32)21(35-25(29)27-12)19-16-6-4-5-7-17(16)28(13(2)30)22(19)31/h4-11,20H,1-3H3/b21-19+/t20-/m0/s1. The molecule has 176 valence electrons. The Kier molecular flexibility index (Phi) is 5.53. The van der Waals surface area contributed by atoms with Crippen molar-refractivity contribution in [2.45, 2.75) is 19.9 Å². The number of imide groups is 1. The van der Waals surface area contributed by atoms with Crippen molar-refractivity contribution < 1.29 is 19.1 Å². The number of carbonyl (C=O) groups excluding carboxylic acids is 3. The van der Waals surface area contributed by atoms with E-state index in [1.54, 1.807) is 55.5 Å². The van der Waals surface area contributed by atoms with E-state index in [-0.39, 0.29) is 15.7 Å². The maximum Gasteiger partial charge on any atom is 0.338 e. The predicted molar refractivity (Wildman–Crippen MR) is 131 cm³/mol. The molecule has 0 bridgehead atoms. The molecule has 0 unspecified atom stereocenters. The quantitative estimate of drug-likeness (QED) is 0.496. The van der Waals surface area contributed by atoms with Gasteiger partial charge in [0.05, 0.1) is 35.7 Å². The molecule has 35 heavy (non-hydrogen) atoms. The number of allylic oxidation sites excluding steroid dienone is 1. The van der Waals surface area contributed by atoms with Gasteiger partial charge < -0.3 is 4.74 Å². The van der Waals surface area contributed by atoms with E-state index in [1.165, 1.54) is 18.6 Å². The topological polar surface area (TPSA) is 98.0 Å². The molecule has 8 nitrogen and oxygen atoms in total. The molecule has 1 aromatic heterocycles. The minimum Gasteiger partial charge on any atom is -0.466 e. The van der Waals surface area contributed by atoms with Gasteiger partial charge in [-0.15, -0.1) is 0 Å². The summed E-state index contributed by atoms with van der Waals surface area (Å²) < 4.78 is 6.53. The van der Waals surface area contributed by atoms with E-state index in [1.807, 2.05) is 0 Å². The Hall–Kier alpha value is -3.82. The van der Waals surface area contributed by atoms with Crippen LogP contribution in [0.3, 0.4) is 0 Å². The molecule has 5 rings (SSSR count). The molecule has 10 heteroatoms. The van der Waals surface area contributed by atoms with Crippen LogP contribution in [0.25, 0.3) is 5.57 Å². The number of ether oxygens (including phenoxy) is 1. The fourth-order valence-corrected chi connectivity index (χ4v) is 5.71. The van der Waals surface area contributed by atoms with Crippen LogP contribution in [0.1, 0.15) is 31.0 Å². The monoisotopic (exact) mass is 507 g/mol. The highest BCUT2D eigenvalue weighted by Crippen LogP contribution is 2.35. The van der Waals surface area contributed by atoms with Gasteiger partial charge in [0.1, 0.15) is 4.53 Å².